The van der Waals surface area contributed by atoms with Gasteiger partial charge in [-0.2, -0.15) is 5.10 Å². The van der Waals surface area contributed by atoms with Gasteiger partial charge in [-0.1, -0.05) is 19.1 Å². The van der Waals surface area contributed by atoms with Crippen molar-refractivity contribution in [3.63, 3.8) is 0 Å². The summed E-state index contributed by atoms with van der Waals surface area (Å²) in [7, 11) is 0. The molecular formula is C15H22ClN3. The van der Waals surface area contributed by atoms with E-state index in [2.05, 4.69) is 49.3 Å². The van der Waals surface area contributed by atoms with Crippen molar-refractivity contribution in [3.05, 3.63) is 47.3 Å². The van der Waals surface area contributed by atoms with Gasteiger partial charge in [-0.15, -0.1) is 12.4 Å². The van der Waals surface area contributed by atoms with Gasteiger partial charge < -0.3 is 5.73 Å². The molecule has 4 heteroatoms. The third kappa shape index (κ3) is 3.82. The Hall–Kier alpha value is -1.32. The minimum Gasteiger partial charge on any atom is -0.327 e. The van der Waals surface area contributed by atoms with Gasteiger partial charge in [0.1, 0.15) is 0 Å². The van der Waals surface area contributed by atoms with E-state index in [0.717, 1.165) is 29.9 Å². The Balaban J connectivity index is 0.00000180. The fourth-order valence-corrected chi connectivity index (χ4v) is 2.15. The maximum Gasteiger partial charge on any atom is 0.0651 e. The number of benzene rings is 1. The third-order valence-electron chi connectivity index (χ3n) is 3.19. The van der Waals surface area contributed by atoms with Crippen LogP contribution in [-0.2, 0) is 6.42 Å². The Morgan fingerprint density at radius 3 is 2.58 bits per heavy atom. The molecule has 1 aromatic heterocycles. The molecule has 0 saturated heterocycles. The second kappa shape index (κ2) is 6.73. The summed E-state index contributed by atoms with van der Waals surface area (Å²) >= 11 is 0. The Bertz CT molecular complexity index is 534. The third-order valence-corrected chi connectivity index (χ3v) is 3.19. The van der Waals surface area contributed by atoms with E-state index in [1.807, 2.05) is 11.6 Å². The Kier molecular flexibility index (Phi) is 5.58. The van der Waals surface area contributed by atoms with E-state index in [4.69, 9.17) is 5.73 Å². The van der Waals surface area contributed by atoms with Crippen LogP contribution in [0.15, 0.2) is 30.3 Å². The van der Waals surface area contributed by atoms with Crippen molar-refractivity contribution in [2.45, 2.75) is 39.7 Å². The number of hydrogen-bond acceptors (Lipinski definition) is 2. The topological polar surface area (TPSA) is 43.8 Å². The van der Waals surface area contributed by atoms with Crippen molar-refractivity contribution >= 4 is 12.4 Å². The van der Waals surface area contributed by atoms with Gasteiger partial charge in [0.25, 0.3) is 0 Å². The van der Waals surface area contributed by atoms with E-state index in [1.54, 1.807) is 0 Å². The summed E-state index contributed by atoms with van der Waals surface area (Å²) < 4.78 is 1.98. The van der Waals surface area contributed by atoms with Crippen LogP contribution < -0.4 is 5.73 Å². The Morgan fingerprint density at radius 1 is 1.26 bits per heavy atom. The molecule has 0 saturated carbocycles. The van der Waals surface area contributed by atoms with Crippen LogP contribution >= 0.6 is 12.4 Å². The predicted molar refractivity (Wildman–Crippen MR) is 82.3 cm³/mol. The van der Waals surface area contributed by atoms with Gasteiger partial charge in [0.05, 0.1) is 11.4 Å². The van der Waals surface area contributed by atoms with Gasteiger partial charge in [0, 0.05) is 11.7 Å². The normalized spacial score (nSPS) is 12.0. The summed E-state index contributed by atoms with van der Waals surface area (Å²) in [6, 6.07) is 10.8. The van der Waals surface area contributed by atoms with E-state index in [9.17, 15) is 0 Å². The lowest BCUT2D eigenvalue weighted by molar-refractivity contribution is 0.646. The number of nitrogens with two attached hydrogens (primary N) is 1. The smallest absolute Gasteiger partial charge is 0.0651 e. The van der Waals surface area contributed by atoms with Crippen molar-refractivity contribution < 1.29 is 0 Å². The van der Waals surface area contributed by atoms with Crippen molar-refractivity contribution in [2.24, 2.45) is 5.73 Å². The molecule has 0 amide bonds. The van der Waals surface area contributed by atoms with E-state index in [1.165, 1.54) is 5.56 Å². The first-order valence-electron chi connectivity index (χ1n) is 6.48. The van der Waals surface area contributed by atoms with Crippen LogP contribution in [0.3, 0.4) is 0 Å². The molecule has 0 bridgehead atoms. The van der Waals surface area contributed by atoms with Gasteiger partial charge >= 0.3 is 0 Å². The quantitative estimate of drug-likeness (QED) is 0.934. The molecule has 1 heterocycles. The first-order valence-corrected chi connectivity index (χ1v) is 6.48. The molecule has 1 atom stereocenters. The monoisotopic (exact) mass is 279 g/mol. The van der Waals surface area contributed by atoms with Crippen molar-refractivity contribution in [2.75, 3.05) is 0 Å². The van der Waals surface area contributed by atoms with Gasteiger partial charge in [-0.25, -0.2) is 4.68 Å². The Morgan fingerprint density at radius 2 is 2.00 bits per heavy atom. The zero-order valence-corrected chi connectivity index (χ0v) is 12.6. The van der Waals surface area contributed by atoms with Crippen LogP contribution in [0.4, 0.5) is 0 Å². The van der Waals surface area contributed by atoms with Crippen LogP contribution in [0.1, 0.15) is 30.3 Å². The maximum absolute atomic E-state index is 6.01. The minimum absolute atomic E-state index is 0. The van der Waals surface area contributed by atoms with E-state index in [-0.39, 0.29) is 18.4 Å². The van der Waals surface area contributed by atoms with Crippen LogP contribution in [-0.4, -0.2) is 15.8 Å². The number of halogens is 1. The number of rotatable bonds is 4. The van der Waals surface area contributed by atoms with Gasteiger partial charge in [0.15, 0.2) is 0 Å². The molecule has 0 radical (unpaired) electrons. The highest BCUT2D eigenvalue weighted by Crippen LogP contribution is 2.15. The number of aromatic nitrogens is 2. The summed E-state index contributed by atoms with van der Waals surface area (Å²) in [5.41, 5.74) is 10.6. The lowest BCUT2D eigenvalue weighted by atomic mass is 10.0. The molecule has 19 heavy (non-hydrogen) atoms. The van der Waals surface area contributed by atoms with Crippen LogP contribution in [0.5, 0.6) is 0 Å². The highest BCUT2D eigenvalue weighted by Gasteiger charge is 2.06. The molecule has 2 aromatic rings. The largest absolute Gasteiger partial charge is 0.327 e. The lowest BCUT2D eigenvalue weighted by Gasteiger charge is -2.11. The van der Waals surface area contributed by atoms with E-state index >= 15 is 0 Å². The van der Waals surface area contributed by atoms with Gasteiger partial charge in [-0.3, -0.25) is 0 Å². The summed E-state index contributed by atoms with van der Waals surface area (Å²) in [5.74, 6) is 0. The number of aryl methyl sites for hydroxylation is 2. The average Bonchev–Trinajstić information content (AvgIpc) is 2.68. The lowest BCUT2D eigenvalue weighted by Crippen LogP contribution is -2.21. The Labute approximate surface area is 121 Å². The first-order chi connectivity index (χ1) is 8.60. The average molecular weight is 280 g/mol. The molecular weight excluding hydrogens is 258 g/mol. The van der Waals surface area contributed by atoms with E-state index < -0.39 is 0 Å². The molecule has 0 aliphatic heterocycles. The highest BCUT2D eigenvalue weighted by molar-refractivity contribution is 5.85. The van der Waals surface area contributed by atoms with Crippen LogP contribution in [0.2, 0.25) is 0 Å². The number of hydrogen-bond donors (Lipinski definition) is 1. The van der Waals surface area contributed by atoms with Crippen molar-refractivity contribution in [1.82, 2.24) is 9.78 Å². The van der Waals surface area contributed by atoms with Crippen LogP contribution in [0.25, 0.3) is 5.69 Å². The zero-order valence-electron chi connectivity index (χ0n) is 11.8. The SMILES string of the molecule is CCC(N)Cc1cccc(-n2nc(C)cc2C)c1.Cl. The second-order valence-electron chi connectivity index (χ2n) is 4.88. The summed E-state index contributed by atoms with van der Waals surface area (Å²) in [6.45, 7) is 6.21. The molecule has 0 aliphatic rings. The highest BCUT2D eigenvalue weighted by atomic mass is 35.5. The second-order valence-corrected chi connectivity index (χ2v) is 4.88. The fraction of sp³-hybridized carbons (Fsp3) is 0.400. The van der Waals surface area contributed by atoms with Gasteiger partial charge in [0.2, 0.25) is 0 Å². The maximum atomic E-state index is 6.01. The van der Waals surface area contributed by atoms with Crippen LogP contribution in [0, 0.1) is 13.8 Å². The molecule has 1 unspecified atom stereocenters. The standard InChI is InChI=1S/C15H21N3.ClH/c1-4-14(16)9-13-6-5-7-15(10-13)18-12(3)8-11(2)17-18;/h5-8,10,14H,4,9,16H2,1-3H3;1H. The molecule has 2 rings (SSSR count). The first kappa shape index (κ1) is 15.7. The van der Waals surface area contributed by atoms with Crippen molar-refractivity contribution in [1.29, 1.82) is 0 Å². The fourth-order valence-electron chi connectivity index (χ4n) is 2.15. The molecule has 0 spiro atoms. The van der Waals surface area contributed by atoms with Gasteiger partial charge in [-0.05, 0) is 50.5 Å². The molecule has 0 fully saturated rings. The van der Waals surface area contributed by atoms with Crippen molar-refractivity contribution in [3.8, 4) is 5.69 Å². The number of nitrogens with zero attached hydrogens (tertiary/aromatic N) is 2. The summed E-state index contributed by atoms with van der Waals surface area (Å²) in [4.78, 5) is 0. The van der Waals surface area contributed by atoms with E-state index in [0.29, 0.717) is 0 Å². The molecule has 104 valence electrons. The molecule has 0 aliphatic carbocycles. The predicted octanol–water partition coefficient (Wildman–Crippen LogP) is 3.19. The molecule has 2 N–H and O–H groups in total. The molecule has 3 nitrogen and oxygen atoms in total. The molecule has 1 aromatic carbocycles. The summed E-state index contributed by atoms with van der Waals surface area (Å²) in [5, 5.41) is 4.51. The zero-order chi connectivity index (χ0) is 13.1. The summed E-state index contributed by atoms with van der Waals surface area (Å²) in [6.07, 6.45) is 1.92. The minimum atomic E-state index is 0.